The molecule has 29 heavy (non-hydrogen) atoms. The van der Waals surface area contributed by atoms with E-state index in [9.17, 15) is 0 Å². The number of likely N-dealkylation sites (N-methyl/N-ethyl adjacent to an activating group) is 1. The summed E-state index contributed by atoms with van der Waals surface area (Å²) in [5.74, 6) is 1.94. The monoisotopic (exact) mass is 404 g/mol. The van der Waals surface area contributed by atoms with Gasteiger partial charge in [-0.3, -0.25) is 14.8 Å². The van der Waals surface area contributed by atoms with Gasteiger partial charge in [-0.2, -0.15) is 0 Å². The molecule has 7 heteroatoms. The van der Waals surface area contributed by atoms with Crippen LogP contribution in [-0.2, 0) is 0 Å². The SMILES string of the molecule is CCNC(=NCC(C)N1CCN(CC)CC1)NCC(c1ccco1)N1CCCC1. The maximum Gasteiger partial charge on any atom is 0.191 e. The fourth-order valence-electron chi connectivity index (χ4n) is 4.34. The van der Waals surface area contributed by atoms with E-state index in [2.05, 4.69) is 52.2 Å². The average molecular weight is 405 g/mol. The molecule has 2 saturated heterocycles. The highest BCUT2D eigenvalue weighted by atomic mass is 16.3. The summed E-state index contributed by atoms with van der Waals surface area (Å²) < 4.78 is 5.74. The molecule has 0 aliphatic carbocycles. The molecule has 0 spiro atoms. The topological polar surface area (TPSA) is 59.3 Å². The van der Waals surface area contributed by atoms with Crippen molar-refractivity contribution in [3.8, 4) is 0 Å². The van der Waals surface area contributed by atoms with Gasteiger partial charge in [-0.15, -0.1) is 0 Å². The first-order valence-electron chi connectivity index (χ1n) is 11.5. The van der Waals surface area contributed by atoms with E-state index in [1.165, 1.54) is 25.9 Å². The Bertz CT molecular complexity index is 590. The van der Waals surface area contributed by atoms with Crippen LogP contribution < -0.4 is 10.6 Å². The summed E-state index contributed by atoms with van der Waals surface area (Å²) in [5.41, 5.74) is 0. The number of nitrogens with one attached hydrogen (secondary N) is 2. The van der Waals surface area contributed by atoms with Gasteiger partial charge in [-0.1, -0.05) is 6.92 Å². The fourth-order valence-corrected chi connectivity index (χ4v) is 4.34. The lowest BCUT2D eigenvalue weighted by Gasteiger charge is -2.37. The van der Waals surface area contributed by atoms with Gasteiger partial charge in [0, 0.05) is 45.3 Å². The van der Waals surface area contributed by atoms with Crippen LogP contribution in [0, 0.1) is 0 Å². The predicted molar refractivity (Wildman–Crippen MR) is 119 cm³/mol. The Hall–Kier alpha value is -1.57. The van der Waals surface area contributed by atoms with Crippen molar-refractivity contribution in [2.24, 2.45) is 4.99 Å². The van der Waals surface area contributed by atoms with Crippen LogP contribution >= 0.6 is 0 Å². The minimum absolute atomic E-state index is 0.260. The molecule has 2 aliphatic heterocycles. The first-order valence-corrected chi connectivity index (χ1v) is 11.5. The first kappa shape index (κ1) is 22.1. The van der Waals surface area contributed by atoms with E-state index in [0.29, 0.717) is 6.04 Å². The van der Waals surface area contributed by atoms with Gasteiger partial charge in [-0.25, -0.2) is 0 Å². The molecule has 0 aromatic carbocycles. The minimum atomic E-state index is 0.260. The predicted octanol–water partition coefficient (Wildman–Crippen LogP) is 2.00. The number of piperazine rings is 1. The van der Waals surface area contributed by atoms with Crippen LogP contribution in [0.15, 0.2) is 27.8 Å². The molecule has 1 aromatic rings. The lowest BCUT2D eigenvalue weighted by atomic mass is 10.2. The van der Waals surface area contributed by atoms with E-state index in [0.717, 1.165) is 64.1 Å². The Kier molecular flexibility index (Phi) is 8.83. The molecule has 1 aromatic heterocycles. The van der Waals surface area contributed by atoms with Gasteiger partial charge in [0.1, 0.15) is 5.76 Å². The van der Waals surface area contributed by atoms with Gasteiger partial charge in [0.05, 0.1) is 18.8 Å². The molecule has 2 atom stereocenters. The Morgan fingerprint density at radius 1 is 1.07 bits per heavy atom. The van der Waals surface area contributed by atoms with Crippen LogP contribution in [0.25, 0.3) is 0 Å². The van der Waals surface area contributed by atoms with Crippen molar-refractivity contribution in [1.29, 1.82) is 0 Å². The van der Waals surface area contributed by atoms with Gasteiger partial charge < -0.3 is 20.0 Å². The van der Waals surface area contributed by atoms with Crippen molar-refractivity contribution in [2.75, 3.05) is 65.4 Å². The summed E-state index contributed by atoms with van der Waals surface area (Å²) in [6.07, 6.45) is 4.32. The van der Waals surface area contributed by atoms with Crippen molar-refractivity contribution in [1.82, 2.24) is 25.3 Å². The third-order valence-electron chi connectivity index (χ3n) is 6.25. The highest BCUT2D eigenvalue weighted by molar-refractivity contribution is 5.79. The van der Waals surface area contributed by atoms with Crippen LogP contribution in [0.4, 0.5) is 0 Å². The molecule has 2 fully saturated rings. The molecule has 2 unspecified atom stereocenters. The molecule has 164 valence electrons. The number of hydrogen-bond acceptors (Lipinski definition) is 5. The zero-order valence-electron chi connectivity index (χ0n) is 18.6. The van der Waals surface area contributed by atoms with Crippen molar-refractivity contribution in [2.45, 2.75) is 45.7 Å². The molecule has 3 rings (SSSR count). The largest absolute Gasteiger partial charge is 0.468 e. The number of furan rings is 1. The average Bonchev–Trinajstić information content (AvgIpc) is 3.47. The van der Waals surface area contributed by atoms with Gasteiger partial charge in [0.2, 0.25) is 0 Å². The normalized spacial score (nSPS) is 22.0. The second-order valence-corrected chi connectivity index (χ2v) is 8.19. The molecular weight excluding hydrogens is 364 g/mol. The molecule has 0 saturated carbocycles. The zero-order valence-corrected chi connectivity index (χ0v) is 18.6. The van der Waals surface area contributed by atoms with Gasteiger partial charge in [0.15, 0.2) is 5.96 Å². The first-order chi connectivity index (χ1) is 14.2. The van der Waals surface area contributed by atoms with E-state index in [-0.39, 0.29) is 6.04 Å². The maximum absolute atomic E-state index is 5.74. The molecule has 0 radical (unpaired) electrons. The summed E-state index contributed by atoms with van der Waals surface area (Å²) in [5, 5.41) is 6.98. The molecule has 0 bridgehead atoms. The highest BCUT2D eigenvalue weighted by Gasteiger charge is 2.26. The van der Waals surface area contributed by atoms with Crippen molar-refractivity contribution in [3.63, 3.8) is 0 Å². The van der Waals surface area contributed by atoms with Gasteiger partial charge in [0.25, 0.3) is 0 Å². The summed E-state index contributed by atoms with van der Waals surface area (Å²) in [7, 11) is 0. The van der Waals surface area contributed by atoms with E-state index in [1.54, 1.807) is 6.26 Å². The lowest BCUT2D eigenvalue weighted by molar-refractivity contribution is 0.109. The van der Waals surface area contributed by atoms with E-state index in [1.807, 2.05) is 6.07 Å². The second kappa shape index (κ2) is 11.6. The Morgan fingerprint density at radius 2 is 1.83 bits per heavy atom. The van der Waals surface area contributed by atoms with E-state index in [4.69, 9.17) is 9.41 Å². The van der Waals surface area contributed by atoms with Crippen molar-refractivity contribution < 1.29 is 4.42 Å². The Balaban J connectivity index is 1.54. The molecule has 2 N–H and O–H groups in total. The summed E-state index contributed by atoms with van der Waals surface area (Å²) in [4.78, 5) is 12.5. The molecular formula is C22H40N6O. The standard InChI is InChI=1S/C22H40N6O/c1-4-23-22(24-17-19(3)27-14-12-26(5-2)13-15-27)25-18-20(21-9-8-16-29-21)28-10-6-7-11-28/h8-9,16,19-20H,4-7,10-15,17-18H2,1-3H3,(H2,23,24,25). The van der Waals surface area contributed by atoms with Gasteiger partial charge in [-0.05, 0) is 58.5 Å². The van der Waals surface area contributed by atoms with Crippen molar-refractivity contribution >= 4 is 5.96 Å². The molecule has 0 amide bonds. The molecule has 3 heterocycles. The number of hydrogen-bond donors (Lipinski definition) is 2. The summed E-state index contributed by atoms with van der Waals surface area (Å²) >= 11 is 0. The van der Waals surface area contributed by atoms with Gasteiger partial charge >= 0.3 is 0 Å². The third kappa shape index (κ3) is 6.46. The van der Waals surface area contributed by atoms with Crippen LogP contribution in [0.5, 0.6) is 0 Å². The number of rotatable bonds is 9. The smallest absolute Gasteiger partial charge is 0.191 e. The minimum Gasteiger partial charge on any atom is -0.468 e. The van der Waals surface area contributed by atoms with Crippen LogP contribution in [0.1, 0.15) is 45.4 Å². The number of likely N-dealkylation sites (tertiary alicyclic amines) is 1. The Morgan fingerprint density at radius 3 is 2.45 bits per heavy atom. The lowest BCUT2D eigenvalue weighted by Crippen LogP contribution is -2.50. The van der Waals surface area contributed by atoms with Crippen molar-refractivity contribution in [3.05, 3.63) is 24.2 Å². The van der Waals surface area contributed by atoms with Crippen LogP contribution in [0.2, 0.25) is 0 Å². The number of nitrogens with zero attached hydrogens (tertiary/aromatic N) is 4. The number of aliphatic imine (C=N–C) groups is 1. The van der Waals surface area contributed by atoms with Crippen LogP contribution in [-0.4, -0.2) is 92.1 Å². The second-order valence-electron chi connectivity index (χ2n) is 8.19. The van der Waals surface area contributed by atoms with E-state index >= 15 is 0 Å². The summed E-state index contributed by atoms with van der Waals surface area (Å²) in [6, 6.07) is 4.80. The quantitative estimate of drug-likeness (QED) is 0.485. The zero-order chi connectivity index (χ0) is 20.5. The van der Waals surface area contributed by atoms with Crippen LogP contribution in [0.3, 0.4) is 0 Å². The third-order valence-corrected chi connectivity index (χ3v) is 6.25. The Labute approximate surface area is 176 Å². The molecule has 7 nitrogen and oxygen atoms in total. The highest BCUT2D eigenvalue weighted by Crippen LogP contribution is 2.24. The number of guanidine groups is 1. The fraction of sp³-hybridized carbons (Fsp3) is 0.773. The maximum atomic E-state index is 5.74. The summed E-state index contributed by atoms with van der Waals surface area (Å²) in [6.45, 7) is 17.2. The van der Waals surface area contributed by atoms with E-state index < -0.39 is 0 Å². The molecule has 2 aliphatic rings.